The Morgan fingerprint density at radius 3 is 2.81 bits per heavy atom. The van der Waals surface area contributed by atoms with Crippen LogP contribution in [0, 0.1) is 0 Å². The van der Waals surface area contributed by atoms with Crippen molar-refractivity contribution in [3.63, 3.8) is 0 Å². The van der Waals surface area contributed by atoms with Gasteiger partial charge in [-0.15, -0.1) is 12.4 Å². The van der Waals surface area contributed by atoms with E-state index in [2.05, 4.69) is 10.6 Å². The van der Waals surface area contributed by atoms with Gasteiger partial charge in [0.05, 0.1) is 17.5 Å². The summed E-state index contributed by atoms with van der Waals surface area (Å²) in [5.41, 5.74) is 5.90. The number of rotatable bonds is 5. The lowest BCUT2D eigenvalue weighted by Gasteiger charge is -2.26. The molecule has 9 nitrogen and oxygen atoms in total. The maximum atomic E-state index is 12.7. The molecular weight excluding hydrogens is 396 g/mol. The third kappa shape index (κ3) is 4.96. The number of piperazine rings is 1. The van der Waals surface area contributed by atoms with Gasteiger partial charge in [0, 0.05) is 25.3 Å². The number of carbonyl (C=O) groups is 2. The van der Waals surface area contributed by atoms with Crippen LogP contribution >= 0.6 is 12.4 Å². The second kappa shape index (κ2) is 8.98. The monoisotopic (exact) mass is 418 g/mol. The Kier molecular flexibility index (Phi) is 7.18. The van der Waals surface area contributed by atoms with Gasteiger partial charge < -0.3 is 21.1 Å². The van der Waals surface area contributed by atoms with Crippen LogP contribution < -0.4 is 16.4 Å². The summed E-state index contributed by atoms with van der Waals surface area (Å²) in [7, 11) is -3.81. The number of hydrogen-bond donors (Lipinski definition) is 3. The molecule has 0 radical (unpaired) electrons. The van der Waals surface area contributed by atoms with E-state index in [4.69, 9.17) is 10.5 Å². The van der Waals surface area contributed by atoms with E-state index in [9.17, 15) is 18.0 Å². The van der Waals surface area contributed by atoms with Crippen LogP contribution in [0.25, 0.3) is 0 Å². The van der Waals surface area contributed by atoms with E-state index < -0.39 is 16.1 Å². The minimum absolute atomic E-state index is 0. The Balaban J connectivity index is 0.00000261. The average molecular weight is 419 g/mol. The molecule has 150 valence electrons. The van der Waals surface area contributed by atoms with Crippen LogP contribution in [0.3, 0.4) is 0 Å². The zero-order valence-electron chi connectivity index (χ0n) is 14.6. The van der Waals surface area contributed by atoms with Gasteiger partial charge in [-0.1, -0.05) is 6.07 Å². The molecule has 2 aliphatic rings. The van der Waals surface area contributed by atoms with Crippen molar-refractivity contribution in [2.24, 2.45) is 5.73 Å². The molecule has 1 aromatic carbocycles. The van der Waals surface area contributed by atoms with E-state index in [1.54, 1.807) is 12.1 Å². The fraction of sp³-hybridized carbons (Fsp3) is 0.500. The molecule has 2 aliphatic heterocycles. The number of ether oxygens (including phenoxy) is 1. The molecule has 0 bridgehead atoms. The highest BCUT2D eigenvalue weighted by molar-refractivity contribution is 7.89. The highest BCUT2D eigenvalue weighted by atomic mass is 35.5. The maximum Gasteiger partial charge on any atom is 0.253 e. The van der Waals surface area contributed by atoms with Crippen LogP contribution in [-0.2, 0) is 24.3 Å². The number of anilines is 1. The smallest absolute Gasteiger partial charge is 0.253 e. The number of nitrogens with zero attached hydrogens (tertiary/aromatic N) is 1. The summed E-state index contributed by atoms with van der Waals surface area (Å²) in [5.74, 6) is -0.662. The second-order valence-corrected chi connectivity index (χ2v) is 8.20. The summed E-state index contributed by atoms with van der Waals surface area (Å²) in [4.78, 5) is 23.8. The van der Waals surface area contributed by atoms with Crippen molar-refractivity contribution >= 4 is 39.9 Å². The predicted octanol–water partition coefficient (Wildman–Crippen LogP) is -0.326. The number of nitrogens with two attached hydrogens (primary N) is 1. The summed E-state index contributed by atoms with van der Waals surface area (Å²) >= 11 is 0. The molecule has 0 saturated carbocycles. The molecule has 2 saturated heterocycles. The van der Waals surface area contributed by atoms with Crippen molar-refractivity contribution in [3.8, 4) is 0 Å². The highest BCUT2D eigenvalue weighted by Gasteiger charge is 2.31. The largest absolute Gasteiger partial charge is 0.364 e. The molecule has 2 amide bonds. The van der Waals surface area contributed by atoms with E-state index in [0.29, 0.717) is 18.7 Å². The zero-order valence-corrected chi connectivity index (χ0v) is 16.2. The van der Waals surface area contributed by atoms with Crippen molar-refractivity contribution in [1.82, 2.24) is 9.62 Å². The number of halogens is 1. The molecular formula is C16H23ClN4O5S. The van der Waals surface area contributed by atoms with Crippen LogP contribution in [0.5, 0.6) is 0 Å². The zero-order chi connectivity index (χ0) is 18.7. The van der Waals surface area contributed by atoms with Crippen LogP contribution in [0.4, 0.5) is 5.69 Å². The molecule has 4 N–H and O–H groups in total. The lowest BCUT2D eigenvalue weighted by Crippen LogP contribution is -2.49. The van der Waals surface area contributed by atoms with Crippen molar-refractivity contribution in [2.75, 3.05) is 31.5 Å². The predicted molar refractivity (Wildman–Crippen MR) is 101 cm³/mol. The van der Waals surface area contributed by atoms with Crippen molar-refractivity contribution < 1.29 is 22.7 Å². The maximum absolute atomic E-state index is 12.7. The molecule has 0 unspecified atom stereocenters. The molecule has 1 aromatic rings. The number of carbonyl (C=O) groups excluding carboxylic acids is 2. The van der Waals surface area contributed by atoms with Crippen molar-refractivity contribution in [3.05, 3.63) is 24.3 Å². The van der Waals surface area contributed by atoms with E-state index in [0.717, 1.165) is 10.7 Å². The first-order valence-corrected chi connectivity index (χ1v) is 9.87. The molecule has 0 aliphatic carbocycles. The standard InChI is InChI=1S/C16H22N4O5S.ClH/c17-9-12-4-5-14(25-12)16(22)19-11-2-1-3-13(8-11)26(23,24)20-7-6-18-15(21)10-20;/h1-3,8,12,14H,4-7,9-10,17H2,(H,18,21)(H,19,22);1H/t12-,14+;/m1./s1. The number of sulfonamides is 1. The highest BCUT2D eigenvalue weighted by Crippen LogP contribution is 2.23. The third-order valence-electron chi connectivity index (χ3n) is 4.41. The Morgan fingerprint density at radius 2 is 2.15 bits per heavy atom. The molecule has 2 atom stereocenters. The molecule has 2 fully saturated rings. The molecule has 11 heteroatoms. The Labute approximate surface area is 164 Å². The average Bonchev–Trinajstić information content (AvgIpc) is 3.11. The Morgan fingerprint density at radius 1 is 1.37 bits per heavy atom. The van der Waals surface area contributed by atoms with Gasteiger partial charge >= 0.3 is 0 Å². The fourth-order valence-corrected chi connectivity index (χ4v) is 4.44. The number of benzene rings is 1. The van der Waals surface area contributed by atoms with Crippen LogP contribution in [0.1, 0.15) is 12.8 Å². The summed E-state index contributed by atoms with van der Waals surface area (Å²) in [6.07, 6.45) is 0.589. The topological polar surface area (TPSA) is 131 Å². The lowest BCUT2D eigenvalue weighted by atomic mass is 10.2. The van der Waals surface area contributed by atoms with E-state index in [1.165, 1.54) is 12.1 Å². The minimum Gasteiger partial charge on any atom is -0.364 e. The SMILES string of the molecule is Cl.NC[C@H]1CC[C@@H](C(=O)Nc2cccc(S(=O)(=O)N3CCNC(=O)C3)c2)O1. The van der Waals surface area contributed by atoms with Gasteiger partial charge in [-0.2, -0.15) is 4.31 Å². The summed E-state index contributed by atoms with van der Waals surface area (Å²) in [5, 5.41) is 5.27. The fourth-order valence-electron chi connectivity index (χ4n) is 3.00. The summed E-state index contributed by atoms with van der Waals surface area (Å²) in [6.45, 7) is 0.632. The number of nitrogens with one attached hydrogen (secondary N) is 2. The van der Waals surface area contributed by atoms with Gasteiger partial charge in [0.15, 0.2) is 0 Å². The van der Waals surface area contributed by atoms with Crippen LogP contribution in [-0.4, -0.2) is 62.9 Å². The second-order valence-electron chi connectivity index (χ2n) is 6.27. The first-order valence-electron chi connectivity index (χ1n) is 8.43. The van der Waals surface area contributed by atoms with Gasteiger partial charge in [0.1, 0.15) is 6.10 Å². The van der Waals surface area contributed by atoms with Crippen LogP contribution in [0.15, 0.2) is 29.2 Å². The first kappa shape index (κ1) is 21.6. The van der Waals surface area contributed by atoms with E-state index in [1.807, 2.05) is 0 Å². The number of amides is 2. The van der Waals surface area contributed by atoms with Gasteiger partial charge in [-0.05, 0) is 31.0 Å². The van der Waals surface area contributed by atoms with E-state index in [-0.39, 0.29) is 54.9 Å². The van der Waals surface area contributed by atoms with Crippen LogP contribution in [0.2, 0.25) is 0 Å². The first-order chi connectivity index (χ1) is 12.4. The Hall–Kier alpha value is -1.72. The minimum atomic E-state index is -3.81. The molecule has 3 rings (SSSR count). The normalized spacial score (nSPS) is 23.4. The quantitative estimate of drug-likeness (QED) is 0.600. The molecule has 2 heterocycles. The summed E-state index contributed by atoms with van der Waals surface area (Å²) in [6, 6.07) is 5.98. The van der Waals surface area contributed by atoms with Gasteiger partial charge in [0.2, 0.25) is 15.9 Å². The van der Waals surface area contributed by atoms with Crippen molar-refractivity contribution in [1.29, 1.82) is 0 Å². The van der Waals surface area contributed by atoms with Gasteiger partial charge in [-0.3, -0.25) is 9.59 Å². The number of hydrogen-bond acceptors (Lipinski definition) is 6. The molecule has 27 heavy (non-hydrogen) atoms. The molecule has 0 aromatic heterocycles. The Bertz CT molecular complexity index is 804. The van der Waals surface area contributed by atoms with Gasteiger partial charge in [-0.25, -0.2) is 8.42 Å². The van der Waals surface area contributed by atoms with Crippen molar-refractivity contribution in [2.45, 2.75) is 29.9 Å². The lowest BCUT2D eigenvalue weighted by molar-refractivity contribution is -0.126. The summed E-state index contributed by atoms with van der Waals surface area (Å²) < 4.78 is 32.1. The third-order valence-corrected chi connectivity index (χ3v) is 6.25. The van der Waals surface area contributed by atoms with Gasteiger partial charge in [0.25, 0.3) is 5.91 Å². The molecule has 0 spiro atoms. The van der Waals surface area contributed by atoms with E-state index >= 15 is 0 Å².